The fourth-order valence-corrected chi connectivity index (χ4v) is 2.32. The Labute approximate surface area is 141 Å². The molecule has 0 aromatic heterocycles. The van der Waals surface area contributed by atoms with Crippen molar-refractivity contribution in [3.05, 3.63) is 12.7 Å². The van der Waals surface area contributed by atoms with Crippen molar-refractivity contribution in [3.63, 3.8) is 0 Å². The Balaban J connectivity index is 0.00000149. The zero-order valence-electron chi connectivity index (χ0n) is 15.7. The second-order valence-corrected chi connectivity index (χ2v) is 6.89. The Kier molecular flexibility index (Phi) is 9.66. The van der Waals surface area contributed by atoms with Gasteiger partial charge in [0.15, 0.2) is 5.79 Å². The molecule has 1 aliphatic rings. The van der Waals surface area contributed by atoms with Crippen LogP contribution in [0, 0.1) is 0 Å². The molecule has 23 heavy (non-hydrogen) atoms. The summed E-state index contributed by atoms with van der Waals surface area (Å²) in [5, 5.41) is 0. The molecule has 2 N–H and O–H groups in total. The lowest BCUT2D eigenvalue weighted by Crippen LogP contribution is -2.46. The predicted octanol–water partition coefficient (Wildman–Crippen LogP) is 3.56. The Hall–Kier alpha value is -0.910. The van der Waals surface area contributed by atoms with E-state index in [0.29, 0.717) is 13.0 Å². The van der Waals surface area contributed by atoms with Crippen LogP contribution in [0.2, 0.25) is 0 Å². The number of allylic oxidation sites excluding steroid dienone is 1. The van der Waals surface area contributed by atoms with Crippen LogP contribution in [0.5, 0.6) is 0 Å². The van der Waals surface area contributed by atoms with Crippen LogP contribution >= 0.6 is 0 Å². The highest BCUT2D eigenvalue weighted by atomic mass is 16.7. The normalized spacial score (nSPS) is 23.4. The van der Waals surface area contributed by atoms with E-state index in [4.69, 9.17) is 19.9 Å². The molecule has 0 aromatic carbocycles. The predicted molar refractivity (Wildman–Crippen MR) is 93.1 cm³/mol. The molecule has 2 atom stereocenters. The van der Waals surface area contributed by atoms with Gasteiger partial charge in [0.1, 0.15) is 5.60 Å². The van der Waals surface area contributed by atoms with Crippen LogP contribution in [0.3, 0.4) is 0 Å². The lowest BCUT2D eigenvalue weighted by Gasteiger charge is -2.40. The van der Waals surface area contributed by atoms with Gasteiger partial charge in [-0.1, -0.05) is 13.0 Å². The van der Waals surface area contributed by atoms with Gasteiger partial charge in [-0.05, 0) is 54.0 Å². The third-order valence-electron chi connectivity index (χ3n) is 3.55. The minimum absolute atomic E-state index is 0.0423. The van der Waals surface area contributed by atoms with E-state index in [2.05, 4.69) is 6.58 Å². The molecule has 1 rings (SSSR count). The maximum atomic E-state index is 12.0. The van der Waals surface area contributed by atoms with Gasteiger partial charge in [-0.2, -0.15) is 0 Å². The van der Waals surface area contributed by atoms with Gasteiger partial charge in [-0.15, -0.1) is 6.58 Å². The minimum Gasteiger partial charge on any atom is -0.460 e. The second-order valence-electron chi connectivity index (χ2n) is 6.89. The number of ether oxygens (including phenoxy) is 3. The maximum Gasteiger partial charge on any atom is 0.308 e. The summed E-state index contributed by atoms with van der Waals surface area (Å²) in [6.07, 6.45) is 4.13. The Morgan fingerprint density at radius 1 is 1.39 bits per heavy atom. The molecule has 0 aromatic rings. The van der Waals surface area contributed by atoms with E-state index in [1.165, 1.54) is 0 Å². The maximum absolute atomic E-state index is 12.0. The number of rotatable bonds is 6. The van der Waals surface area contributed by atoms with Crippen molar-refractivity contribution in [2.75, 3.05) is 6.54 Å². The quantitative estimate of drug-likeness (QED) is 0.596. The van der Waals surface area contributed by atoms with E-state index in [0.717, 1.165) is 12.8 Å². The van der Waals surface area contributed by atoms with Gasteiger partial charge in [-0.25, -0.2) is 0 Å². The van der Waals surface area contributed by atoms with Crippen molar-refractivity contribution in [1.82, 2.24) is 0 Å². The van der Waals surface area contributed by atoms with Gasteiger partial charge in [0.05, 0.1) is 18.6 Å². The van der Waals surface area contributed by atoms with Gasteiger partial charge in [0.25, 0.3) is 0 Å². The zero-order chi connectivity index (χ0) is 18.1. The molecule has 5 heteroatoms. The molecule has 0 aliphatic carbocycles. The number of hydrogen-bond donors (Lipinski definition) is 1. The molecule has 0 amide bonds. The Morgan fingerprint density at radius 3 is 2.39 bits per heavy atom. The van der Waals surface area contributed by atoms with Crippen LogP contribution in [-0.2, 0) is 19.0 Å². The van der Waals surface area contributed by atoms with Crippen molar-refractivity contribution < 1.29 is 19.0 Å². The van der Waals surface area contributed by atoms with E-state index < -0.39 is 11.4 Å². The minimum atomic E-state index is -0.677. The first-order valence-corrected chi connectivity index (χ1v) is 8.43. The molecular formula is C18H35NO4. The van der Waals surface area contributed by atoms with Crippen LogP contribution in [0.4, 0.5) is 0 Å². The molecule has 136 valence electrons. The summed E-state index contributed by atoms with van der Waals surface area (Å²) in [7, 11) is 0. The fraction of sp³-hybridized carbons (Fsp3) is 0.833. The second kappa shape index (κ2) is 10.1. The topological polar surface area (TPSA) is 70.8 Å². The molecule has 1 aliphatic heterocycles. The third kappa shape index (κ3) is 9.74. The summed E-state index contributed by atoms with van der Waals surface area (Å²) in [5.41, 5.74) is 5.16. The van der Waals surface area contributed by atoms with Gasteiger partial charge >= 0.3 is 5.97 Å². The molecule has 1 heterocycles. The van der Waals surface area contributed by atoms with E-state index >= 15 is 0 Å². The number of carbonyl (C=O) groups excluding carboxylic acids is 1. The van der Waals surface area contributed by atoms with Crippen molar-refractivity contribution in [1.29, 1.82) is 0 Å². The van der Waals surface area contributed by atoms with E-state index in [-0.39, 0.29) is 24.6 Å². The Morgan fingerprint density at radius 2 is 1.91 bits per heavy atom. The standard InChI is InChI=1S/C15H29NO4.C3H6/c1-6-14(2,3)20-13(17)10-12-9-11(7-8-16)18-15(4,5)19-12;1-3-2/h11-12H,6-10,16H2,1-5H3;3H,1H2,2H3/t11-,12-;/m1./s1. The summed E-state index contributed by atoms with van der Waals surface area (Å²) in [4.78, 5) is 12.0. The molecule has 1 fully saturated rings. The summed E-state index contributed by atoms with van der Waals surface area (Å²) >= 11 is 0. The highest BCUT2D eigenvalue weighted by molar-refractivity contribution is 5.70. The Bertz CT molecular complexity index is 366. The third-order valence-corrected chi connectivity index (χ3v) is 3.55. The molecule has 1 saturated heterocycles. The van der Waals surface area contributed by atoms with Crippen molar-refractivity contribution in [2.24, 2.45) is 5.73 Å². The van der Waals surface area contributed by atoms with E-state index in [1.54, 1.807) is 6.08 Å². The lowest BCUT2D eigenvalue weighted by atomic mass is 10.0. The molecule has 0 bridgehead atoms. The largest absolute Gasteiger partial charge is 0.460 e. The summed E-state index contributed by atoms with van der Waals surface area (Å²) in [6.45, 7) is 15.4. The van der Waals surface area contributed by atoms with Crippen LogP contribution in [-0.4, -0.2) is 36.1 Å². The summed E-state index contributed by atoms with van der Waals surface area (Å²) < 4.78 is 17.1. The smallest absolute Gasteiger partial charge is 0.308 e. The molecule has 5 nitrogen and oxygen atoms in total. The zero-order valence-corrected chi connectivity index (χ0v) is 15.7. The molecule has 0 radical (unpaired) electrons. The average Bonchev–Trinajstić information content (AvgIpc) is 2.37. The van der Waals surface area contributed by atoms with Crippen molar-refractivity contribution >= 4 is 5.97 Å². The monoisotopic (exact) mass is 329 g/mol. The number of hydrogen-bond acceptors (Lipinski definition) is 5. The summed E-state index contributed by atoms with van der Waals surface area (Å²) in [5.74, 6) is -0.894. The molecule has 0 saturated carbocycles. The van der Waals surface area contributed by atoms with Crippen LogP contribution in [0.25, 0.3) is 0 Å². The number of nitrogens with two attached hydrogens (primary N) is 1. The van der Waals surface area contributed by atoms with Crippen LogP contribution in [0.1, 0.15) is 67.2 Å². The molecular weight excluding hydrogens is 294 g/mol. The molecule has 0 spiro atoms. The SMILES string of the molecule is C=CC.CCC(C)(C)OC(=O)C[C@H]1C[C@@H](CCN)OC(C)(C)O1. The highest BCUT2D eigenvalue weighted by Crippen LogP contribution is 2.30. The van der Waals surface area contributed by atoms with Gasteiger partial charge in [0.2, 0.25) is 0 Å². The van der Waals surface area contributed by atoms with Gasteiger partial charge in [-0.3, -0.25) is 4.79 Å². The van der Waals surface area contributed by atoms with E-state index in [9.17, 15) is 4.79 Å². The lowest BCUT2D eigenvalue weighted by molar-refractivity contribution is -0.300. The highest BCUT2D eigenvalue weighted by Gasteiger charge is 2.36. The first-order chi connectivity index (χ1) is 10.6. The van der Waals surface area contributed by atoms with Gasteiger partial charge < -0.3 is 19.9 Å². The van der Waals surface area contributed by atoms with Gasteiger partial charge in [0, 0.05) is 6.42 Å². The summed E-state index contributed by atoms with van der Waals surface area (Å²) in [6, 6.07) is 0. The van der Waals surface area contributed by atoms with Crippen LogP contribution < -0.4 is 5.73 Å². The first kappa shape index (κ1) is 22.1. The average molecular weight is 329 g/mol. The number of carbonyl (C=O) groups is 1. The number of esters is 1. The van der Waals surface area contributed by atoms with Crippen LogP contribution in [0.15, 0.2) is 12.7 Å². The first-order valence-electron chi connectivity index (χ1n) is 8.43. The fourth-order valence-electron chi connectivity index (χ4n) is 2.32. The molecule has 0 unspecified atom stereocenters. The van der Waals surface area contributed by atoms with Crippen molar-refractivity contribution in [3.8, 4) is 0 Å². The van der Waals surface area contributed by atoms with Crippen molar-refractivity contribution in [2.45, 2.75) is 90.8 Å². The van der Waals surface area contributed by atoms with E-state index in [1.807, 2.05) is 41.5 Å².